The normalized spacial score (nSPS) is 11.1. The van der Waals surface area contributed by atoms with Crippen molar-refractivity contribution < 1.29 is 12.8 Å². The van der Waals surface area contributed by atoms with Crippen molar-refractivity contribution in [2.24, 2.45) is 5.73 Å². The van der Waals surface area contributed by atoms with Crippen LogP contribution >= 0.6 is 12.2 Å². The molecule has 0 fully saturated rings. The molecule has 0 atom stereocenters. The van der Waals surface area contributed by atoms with Gasteiger partial charge >= 0.3 is 0 Å². The topological polar surface area (TPSA) is 72.2 Å². The predicted molar refractivity (Wildman–Crippen MR) is 85.0 cm³/mol. The highest BCUT2D eigenvalue weighted by Crippen LogP contribution is 2.14. The molecule has 0 aliphatic heterocycles. The van der Waals surface area contributed by atoms with Gasteiger partial charge in [0.1, 0.15) is 10.8 Å². The summed E-state index contributed by atoms with van der Waals surface area (Å²) in [5.41, 5.74) is 6.92. The first kappa shape index (κ1) is 15.4. The second kappa shape index (κ2) is 6.19. The van der Waals surface area contributed by atoms with E-state index in [1.807, 2.05) is 0 Å². The molecular formula is C14H13FN2O2S2. The summed E-state index contributed by atoms with van der Waals surface area (Å²) in [7, 11) is -3.62. The lowest BCUT2D eigenvalue weighted by atomic mass is 10.1. The van der Waals surface area contributed by atoms with Crippen LogP contribution in [0.15, 0.2) is 48.5 Å². The molecule has 0 radical (unpaired) electrons. The maximum Gasteiger partial charge on any atom is 0.236 e. The summed E-state index contributed by atoms with van der Waals surface area (Å²) in [5.74, 6) is -0.725. The second-order valence-electron chi connectivity index (χ2n) is 4.43. The number of anilines is 1. The molecule has 0 saturated carbocycles. The third kappa shape index (κ3) is 4.51. The number of halogens is 1. The van der Waals surface area contributed by atoms with Crippen molar-refractivity contribution in [1.29, 1.82) is 0 Å². The van der Waals surface area contributed by atoms with Gasteiger partial charge in [-0.25, -0.2) is 12.8 Å². The SMILES string of the molecule is NC(=S)c1ccc(CS(=O)(=O)Nc2cccc(F)c2)cc1. The van der Waals surface area contributed by atoms with Gasteiger partial charge in [-0.3, -0.25) is 4.72 Å². The molecule has 0 spiro atoms. The number of rotatable bonds is 5. The van der Waals surface area contributed by atoms with Gasteiger partial charge in [-0.15, -0.1) is 0 Å². The molecule has 0 unspecified atom stereocenters. The molecule has 0 aromatic heterocycles. The Bertz CT molecular complexity index is 759. The highest BCUT2D eigenvalue weighted by molar-refractivity contribution is 7.91. The molecule has 0 bridgehead atoms. The first-order chi connectivity index (χ1) is 9.85. The van der Waals surface area contributed by atoms with Crippen molar-refractivity contribution in [3.05, 3.63) is 65.5 Å². The summed E-state index contributed by atoms with van der Waals surface area (Å²) in [6, 6.07) is 11.9. The van der Waals surface area contributed by atoms with Crippen molar-refractivity contribution in [2.75, 3.05) is 4.72 Å². The van der Waals surface area contributed by atoms with Crippen LogP contribution in [0.25, 0.3) is 0 Å². The number of nitrogens with two attached hydrogens (primary N) is 1. The molecule has 7 heteroatoms. The Morgan fingerprint density at radius 2 is 1.86 bits per heavy atom. The number of hydrogen-bond acceptors (Lipinski definition) is 3. The predicted octanol–water partition coefficient (Wildman–Crippen LogP) is 2.40. The summed E-state index contributed by atoms with van der Waals surface area (Å²) in [4.78, 5) is 0.252. The van der Waals surface area contributed by atoms with E-state index in [2.05, 4.69) is 4.72 Å². The fraction of sp³-hybridized carbons (Fsp3) is 0.0714. The van der Waals surface area contributed by atoms with Gasteiger partial charge in [-0.05, 0) is 23.8 Å². The maximum absolute atomic E-state index is 13.0. The van der Waals surface area contributed by atoms with Crippen LogP contribution in [0.2, 0.25) is 0 Å². The van der Waals surface area contributed by atoms with Crippen molar-refractivity contribution in [1.82, 2.24) is 0 Å². The van der Waals surface area contributed by atoms with Crippen LogP contribution in [0, 0.1) is 5.82 Å². The molecular weight excluding hydrogens is 311 g/mol. The van der Waals surface area contributed by atoms with Gasteiger partial charge in [0.25, 0.3) is 0 Å². The van der Waals surface area contributed by atoms with Gasteiger partial charge in [-0.2, -0.15) is 0 Å². The maximum atomic E-state index is 13.0. The molecule has 2 rings (SSSR count). The zero-order valence-electron chi connectivity index (χ0n) is 10.9. The largest absolute Gasteiger partial charge is 0.389 e. The Morgan fingerprint density at radius 1 is 1.19 bits per heavy atom. The van der Waals surface area contributed by atoms with Crippen LogP contribution in [0.5, 0.6) is 0 Å². The van der Waals surface area contributed by atoms with E-state index in [1.54, 1.807) is 24.3 Å². The van der Waals surface area contributed by atoms with Crippen LogP contribution in [0.3, 0.4) is 0 Å². The van der Waals surface area contributed by atoms with Crippen molar-refractivity contribution in [3.63, 3.8) is 0 Å². The average Bonchev–Trinajstić information content (AvgIpc) is 2.38. The van der Waals surface area contributed by atoms with Gasteiger partial charge in [0.15, 0.2) is 0 Å². The molecule has 2 aromatic rings. The van der Waals surface area contributed by atoms with Crippen molar-refractivity contribution >= 4 is 32.9 Å². The lowest BCUT2D eigenvalue weighted by Crippen LogP contribution is -2.15. The van der Waals surface area contributed by atoms with Gasteiger partial charge in [-0.1, -0.05) is 42.5 Å². The number of benzene rings is 2. The van der Waals surface area contributed by atoms with Crippen LogP contribution < -0.4 is 10.5 Å². The standard InChI is InChI=1S/C14H13FN2O2S2/c15-12-2-1-3-13(8-12)17-21(18,19)9-10-4-6-11(7-5-10)14(16)20/h1-8,17H,9H2,(H2,16,20). The average molecular weight is 324 g/mol. The smallest absolute Gasteiger partial charge is 0.236 e. The molecule has 110 valence electrons. The minimum Gasteiger partial charge on any atom is -0.389 e. The first-order valence-corrected chi connectivity index (χ1v) is 8.06. The van der Waals surface area contributed by atoms with E-state index in [9.17, 15) is 12.8 Å². The molecule has 0 saturated heterocycles. The Hall–Kier alpha value is -1.99. The van der Waals surface area contributed by atoms with E-state index in [0.717, 1.165) is 6.07 Å². The van der Waals surface area contributed by atoms with Crippen molar-refractivity contribution in [3.8, 4) is 0 Å². The highest BCUT2D eigenvalue weighted by Gasteiger charge is 2.12. The van der Waals surface area contributed by atoms with E-state index < -0.39 is 15.8 Å². The first-order valence-electron chi connectivity index (χ1n) is 6.00. The number of nitrogens with one attached hydrogen (secondary N) is 1. The number of hydrogen-bond donors (Lipinski definition) is 2. The summed E-state index contributed by atoms with van der Waals surface area (Å²) in [5, 5.41) is 0. The van der Waals surface area contributed by atoms with E-state index >= 15 is 0 Å². The Kier molecular flexibility index (Phi) is 4.54. The minimum absolute atomic E-state index is 0.190. The second-order valence-corrected chi connectivity index (χ2v) is 6.59. The van der Waals surface area contributed by atoms with Gasteiger partial charge in [0.2, 0.25) is 10.0 Å². The highest BCUT2D eigenvalue weighted by atomic mass is 32.2. The van der Waals surface area contributed by atoms with E-state index in [-0.39, 0.29) is 16.4 Å². The molecule has 3 N–H and O–H groups in total. The number of sulfonamides is 1. The van der Waals surface area contributed by atoms with Crippen LogP contribution in [0.4, 0.5) is 10.1 Å². The monoisotopic (exact) mass is 324 g/mol. The van der Waals surface area contributed by atoms with E-state index in [0.29, 0.717) is 11.1 Å². The van der Waals surface area contributed by atoms with Gasteiger partial charge < -0.3 is 5.73 Å². The summed E-state index contributed by atoms with van der Waals surface area (Å²) in [6.45, 7) is 0. The fourth-order valence-corrected chi connectivity index (χ4v) is 3.08. The summed E-state index contributed by atoms with van der Waals surface area (Å²) >= 11 is 4.83. The molecule has 0 heterocycles. The van der Waals surface area contributed by atoms with E-state index in [1.165, 1.54) is 18.2 Å². The lowest BCUT2D eigenvalue weighted by molar-refractivity contribution is 0.600. The molecule has 21 heavy (non-hydrogen) atoms. The Morgan fingerprint density at radius 3 is 2.43 bits per heavy atom. The third-order valence-electron chi connectivity index (χ3n) is 2.69. The molecule has 4 nitrogen and oxygen atoms in total. The van der Waals surface area contributed by atoms with Gasteiger partial charge in [0, 0.05) is 5.56 Å². The summed E-state index contributed by atoms with van der Waals surface area (Å²) < 4.78 is 39.4. The third-order valence-corrected chi connectivity index (χ3v) is 4.19. The lowest BCUT2D eigenvalue weighted by Gasteiger charge is -2.08. The van der Waals surface area contributed by atoms with Crippen LogP contribution in [0.1, 0.15) is 11.1 Å². The molecule has 0 aliphatic carbocycles. The van der Waals surface area contributed by atoms with E-state index in [4.69, 9.17) is 18.0 Å². The zero-order chi connectivity index (χ0) is 15.5. The minimum atomic E-state index is -3.62. The van der Waals surface area contributed by atoms with Gasteiger partial charge in [0.05, 0.1) is 11.4 Å². The zero-order valence-corrected chi connectivity index (χ0v) is 12.5. The fourth-order valence-electron chi connectivity index (χ4n) is 1.75. The molecule has 2 aromatic carbocycles. The Labute approximate surface area is 127 Å². The molecule has 0 aliphatic rings. The quantitative estimate of drug-likeness (QED) is 0.829. The summed E-state index contributed by atoms with van der Waals surface area (Å²) in [6.07, 6.45) is 0. The Balaban J connectivity index is 2.12. The number of thiocarbonyl (C=S) groups is 1. The van der Waals surface area contributed by atoms with Crippen molar-refractivity contribution in [2.45, 2.75) is 5.75 Å². The van der Waals surface area contributed by atoms with Crippen LogP contribution in [-0.4, -0.2) is 13.4 Å². The van der Waals surface area contributed by atoms with Crippen LogP contribution in [-0.2, 0) is 15.8 Å². The molecule has 0 amide bonds.